The molecular weight excluding hydrogens is 316 g/mol. The third kappa shape index (κ3) is 3.35. The van der Waals surface area contributed by atoms with Gasteiger partial charge in [0.15, 0.2) is 0 Å². The van der Waals surface area contributed by atoms with Gasteiger partial charge < -0.3 is 14.5 Å². The van der Waals surface area contributed by atoms with Gasteiger partial charge in [0.1, 0.15) is 11.4 Å². The van der Waals surface area contributed by atoms with Crippen molar-refractivity contribution in [2.24, 2.45) is 0 Å². The number of nitrogens with zero attached hydrogens (tertiary/aromatic N) is 4. The van der Waals surface area contributed by atoms with E-state index in [1.54, 1.807) is 18.5 Å². The molecule has 2 aliphatic heterocycles. The summed E-state index contributed by atoms with van der Waals surface area (Å²) in [5.74, 6) is 1.01. The van der Waals surface area contributed by atoms with Crippen LogP contribution in [0.15, 0.2) is 48.9 Å². The molecule has 2 aliphatic rings. The smallest absolute Gasteiger partial charge is 0.255 e. The molecular formula is C19H22N4O2. The fourth-order valence-corrected chi connectivity index (χ4v) is 3.77. The number of pyridine rings is 2. The van der Waals surface area contributed by atoms with E-state index in [0.29, 0.717) is 25.3 Å². The van der Waals surface area contributed by atoms with Gasteiger partial charge in [0.05, 0.1) is 25.3 Å². The van der Waals surface area contributed by atoms with Crippen LogP contribution in [-0.2, 0) is 4.74 Å². The molecule has 0 N–H and O–H groups in total. The highest BCUT2D eigenvalue weighted by molar-refractivity contribution is 5.94. The first-order chi connectivity index (χ1) is 12.3. The van der Waals surface area contributed by atoms with Crippen LogP contribution in [0.2, 0.25) is 0 Å². The van der Waals surface area contributed by atoms with Gasteiger partial charge in [-0.2, -0.15) is 0 Å². The van der Waals surface area contributed by atoms with Crippen molar-refractivity contribution >= 4 is 11.7 Å². The summed E-state index contributed by atoms with van der Waals surface area (Å²) in [5, 5.41) is 0. The number of hydrogen-bond donors (Lipinski definition) is 0. The molecule has 0 radical (unpaired) electrons. The van der Waals surface area contributed by atoms with E-state index >= 15 is 0 Å². The molecule has 2 saturated heterocycles. The average molecular weight is 338 g/mol. The van der Waals surface area contributed by atoms with Crippen LogP contribution >= 0.6 is 0 Å². The van der Waals surface area contributed by atoms with Crippen molar-refractivity contribution in [1.29, 1.82) is 0 Å². The van der Waals surface area contributed by atoms with E-state index in [1.165, 1.54) is 0 Å². The molecule has 4 rings (SSSR count). The minimum atomic E-state index is -0.314. The fraction of sp³-hybridized carbons (Fsp3) is 0.421. The lowest BCUT2D eigenvalue weighted by molar-refractivity contribution is -0.105. The van der Waals surface area contributed by atoms with Crippen LogP contribution in [0, 0.1) is 0 Å². The highest BCUT2D eigenvalue weighted by Crippen LogP contribution is 2.31. The zero-order valence-corrected chi connectivity index (χ0v) is 14.2. The molecule has 2 aromatic rings. The van der Waals surface area contributed by atoms with E-state index in [9.17, 15) is 4.79 Å². The lowest BCUT2D eigenvalue weighted by Gasteiger charge is -2.48. The Labute approximate surface area is 147 Å². The second-order valence-corrected chi connectivity index (χ2v) is 6.71. The van der Waals surface area contributed by atoms with Crippen molar-refractivity contribution in [3.05, 3.63) is 54.5 Å². The van der Waals surface area contributed by atoms with Gasteiger partial charge in [0, 0.05) is 31.7 Å². The Hall–Kier alpha value is -2.47. The molecule has 130 valence electrons. The van der Waals surface area contributed by atoms with Gasteiger partial charge in [-0.3, -0.25) is 9.78 Å². The number of hydrogen-bond acceptors (Lipinski definition) is 5. The normalized spacial score (nSPS) is 23.7. The molecule has 4 heterocycles. The quantitative estimate of drug-likeness (QED) is 0.838. The van der Waals surface area contributed by atoms with Gasteiger partial charge in [-0.15, -0.1) is 0 Å². The molecule has 0 aromatic carbocycles. The molecule has 25 heavy (non-hydrogen) atoms. The number of ether oxygens (including phenoxy) is 1. The average Bonchev–Trinajstić information content (AvgIpc) is 2.69. The first-order valence-corrected chi connectivity index (χ1v) is 8.75. The van der Waals surface area contributed by atoms with Crippen LogP contribution in [0.4, 0.5) is 5.82 Å². The summed E-state index contributed by atoms with van der Waals surface area (Å²) in [6.45, 7) is 3.55. The van der Waals surface area contributed by atoms with E-state index < -0.39 is 0 Å². The largest absolute Gasteiger partial charge is 0.369 e. The molecule has 6 nitrogen and oxygen atoms in total. The summed E-state index contributed by atoms with van der Waals surface area (Å²) in [5.41, 5.74) is 0.322. The summed E-state index contributed by atoms with van der Waals surface area (Å²) in [6.07, 6.45) is 7.13. The third-order valence-electron chi connectivity index (χ3n) is 4.96. The van der Waals surface area contributed by atoms with Gasteiger partial charge in [-0.25, -0.2) is 4.98 Å². The van der Waals surface area contributed by atoms with Gasteiger partial charge in [-0.05, 0) is 37.1 Å². The number of carbonyl (C=O) groups excluding carboxylic acids is 1. The van der Waals surface area contributed by atoms with Crippen molar-refractivity contribution in [2.75, 3.05) is 37.7 Å². The van der Waals surface area contributed by atoms with Crippen molar-refractivity contribution in [3.63, 3.8) is 0 Å². The van der Waals surface area contributed by atoms with E-state index in [2.05, 4.69) is 14.9 Å². The SMILES string of the molecule is O=C(c1cccnc1)N1CCO[C@@]2(CCCN(c3ccccn3)C2)C1. The van der Waals surface area contributed by atoms with Crippen molar-refractivity contribution in [1.82, 2.24) is 14.9 Å². The molecule has 0 unspecified atom stereocenters. The summed E-state index contributed by atoms with van der Waals surface area (Å²) in [6, 6.07) is 9.57. The van der Waals surface area contributed by atoms with Crippen LogP contribution in [0.25, 0.3) is 0 Å². The Morgan fingerprint density at radius 1 is 1.12 bits per heavy atom. The van der Waals surface area contributed by atoms with Crippen molar-refractivity contribution in [3.8, 4) is 0 Å². The zero-order chi connectivity index (χ0) is 17.1. The van der Waals surface area contributed by atoms with E-state index in [4.69, 9.17) is 4.74 Å². The van der Waals surface area contributed by atoms with Crippen LogP contribution in [0.5, 0.6) is 0 Å². The molecule has 2 aromatic heterocycles. The Bertz CT molecular complexity index is 721. The summed E-state index contributed by atoms with van der Waals surface area (Å²) < 4.78 is 6.20. The molecule has 0 aliphatic carbocycles. The fourth-order valence-electron chi connectivity index (χ4n) is 3.77. The van der Waals surface area contributed by atoms with Gasteiger partial charge >= 0.3 is 0 Å². The van der Waals surface area contributed by atoms with Crippen LogP contribution < -0.4 is 4.90 Å². The van der Waals surface area contributed by atoms with Crippen molar-refractivity contribution < 1.29 is 9.53 Å². The minimum absolute atomic E-state index is 0.0331. The zero-order valence-electron chi connectivity index (χ0n) is 14.2. The number of carbonyl (C=O) groups is 1. The predicted octanol–water partition coefficient (Wildman–Crippen LogP) is 1.99. The lowest BCUT2D eigenvalue weighted by Crippen LogP contribution is -2.61. The predicted molar refractivity (Wildman–Crippen MR) is 94.5 cm³/mol. The molecule has 0 saturated carbocycles. The first-order valence-electron chi connectivity index (χ1n) is 8.75. The summed E-state index contributed by atoms with van der Waals surface area (Å²) >= 11 is 0. The van der Waals surface area contributed by atoms with Gasteiger partial charge in [0.25, 0.3) is 5.91 Å². The van der Waals surface area contributed by atoms with Crippen molar-refractivity contribution in [2.45, 2.75) is 18.4 Å². The van der Waals surface area contributed by atoms with Crippen LogP contribution in [0.3, 0.4) is 0 Å². The van der Waals surface area contributed by atoms with Crippen LogP contribution in [-0.4, -0.2) is 59.2 Å². The highest BCUT2D eigenvalue weighted by atomic mass is 16.5. The Morgan fingerprint density at radius 2 is 2.08 bits per heavy atom. The lowest BCUT2D eigenvalue weighted by atomic mass is 9.90. The van der Waals surface area contributed by atoms with E-state index in [-0.39, 0.29) is 11.5 Å². The number of anilines is 1. The number of morpholine rings is 1. The van der Waals surface area contributed by atoms with Gasteiger partial charge in [0.2, 0.25) is 0 Å². The van der Waals surface area contributed by atoms with E-state index in [1.807, 2.05) is 35.4 Å². The molecule has 1 atom stereocenters. The maximum Gasteiger partial charge on any atom is 0.255 e. The monoisotopic (exact) mass is 338 g/mol. The maximum absolute atomic E-state index is 12.8. The molecule has 6 heteroatoms. The maximum atomic E-state index is 12.8. The first kappa shape index (κ1) is 16.0. The third-order valence-corrected chi connectivity index (χ3v) is 4.96. The molecule has 0 bridgehead atoms. The Kier molecular flexibility index (Phi) is 4.36. The standard InChI is InChI=1S/C19H22N4O2/c24-18(16-5-3-8-20-13-16)23-11-12-25-19(15-23)7-4-10-22(14-19)17-6-1-2-9-21-17/h1-3,5-6,8-9,13H,4,7,10-12,14-15H2/t19-/m1/s1. The Morgan fingerprint density at radius 3 is 2.88 bits per heavy atom. The van der Waals surface area contributed by atoms with E-state index in [0.717, 1.165) is 31.7 Å². The summed E-state index contributed by atoms with van der Waals surface area (Å²) in [7, 11) is 0. The molecule has 1 amide bonds. The Balaban J connectivity index is 1.51. The number of aromatic nitrogens is 2. The number of rotatable bonds is 2. The second kappa shape index (κ2) is 6.80. The van der Waals surface area contributed by atoms with Crippen LogP contribution in [0.1, 0.15) is 23.2 Å². The summed E-state index contributed by atoms with van der Waals surface area (Å²) in [4.78, 5) is 25.5. The number of piperidine rings is 1. The van der Waals surface area contributed by atoms with Gasteiger partial charge in [-0.1, -0.05) is 6.07 Å². The highest BCUT2D eigenvalue weighted by Gasteiger charge is 2.42. The number of amides is 1. The minimum Gasteiger partial charge on any atom is -0.369 e. The second-order valence-electron chi connectivity index (χ2n) is 6.71. The topological polar surface area (TPSA) is 58.6 Å². The molecule has 1 spiro atoms. The molecule has 2 fully saturated rings.